The number of sulfone groups is 1. The quantitative estimate of drug-likeness (QED) is 0.718. The first-order chi connectivity index (χ1) is 13.4. The molecule has 3 rings (SSSR count). The van der Waals surface area contributed by atoms with Crippen LogP contribution in [-0.4, -0.2) is 48.6 Å². The van der Waals surface area contributed by atoms with Crippen molar-refractivity contribution in [3.8, 4) is 0 Å². The van der Waals surface area contributed by atoms with E-state index in [-0.39, 0.29) is 17.9 Å². The highest BCUT2D eigenvalue weighted by atomic mass is 32.2. The number of esters is 1. The van der Waals surface area contributed by atoms with E-state index in [9.17, 15) is 22.8 Å². The van der Waals surface area contributed by atoms with Crippen LogP contribution in [0.15, 0.2) is 64.9 Å². The van der Waals surface area contributed by atoms with Gasteiger partial charge in [0.25, 0.3) is 11.5 Å². The van der Waals surface area contributed by atoms with Gasteiger partial charge in [-0.05, 0) is 23.8 Å². The minimum Gasteiger partial charge on any atom is -0.452 e. The summed E-state index contributed by atoms with van der Waals surface area (Å²) in [7, 11) is -3.37. The van der Waals surface area contributed by atoms with Crippen LogP contribution >= 0.6 is 0 Å². The number of hydrogen-bond acceptors (Lipinski definition) is 6. The molecule has 8 nitrogen and oxygen atoms in total. The molecule has 146 valence electrons. The van der Waals surface area contributed by atoms with Crippen molar-refractivity contribution in [2.75, 3.05) is 12.4 Å². The molecule has 1 aliphatic heterocycles. The molecule has 0 aliphatic carbocycles. The van der Waals surface area contributed by atoms with Crippen LogP contribution in [0.2, 0.25) is 0 Å². The molecule has 0 radical (unpaired) electrons. The Morgan fingerprint density at radius 1 is 1.14 bits per heavy atom. The van der Waals surface area contributed by atoms with E-state index in [0.29, 0.717) is 0 Å². The van der Waals surface area contributed by atoms with Crippen LogP contribution in [0.5, 0.6) is 0 Å². The van der Waals surface area contributed by atoms with Crippen molar-refractivity contribution in [2.45, 2.75) is 12.6 Å². The maximum atomic E-state index is 12.7. The molecule has 0 fully saturated rings. The molecular formula is C19H18N2O6S. The van der Waals surface area contributed by atoms with Crippen molar-refractivity contribution in [3.05, 3.63) is 81.6 Å². The number of carbonyl (C=O) groups excluding carboxylic acids is 2. The molecular weight excluding hydrogens is 384 g/mol. The third-order valence-corrected chi connectivity index (χ3v) is 5.57. The summed E-state index contributed by atoms with van der Waals surface area (Å²) in [6.45, 7) is -0.446. The van der Waals surface area contributed by atoms with Crippen LogP contribution in [0.3, 0.4) is 0 Å². The van der Waals surface area contributed by atoms with E-state index in [0.717, 1.165) is 11.0 Å². The third kappa shape index (κ3) is 4.74. The number of rotatable bonds is 6. The number of amides is 1. The smallest absolute Gasteiger partial charge is 0.344 e. The van der Waals surface area contributed by atoms with Crippen LogP contribution in [0.1, 0.15) is 15.9 Å². The number of carbonyl (C=O) groups is 2. The Labute approximate surface area is 161 Å². The van der Waals surface area contributed by atoms with Crippen LogP contribution in [0, 0.1) is 0 Å². The number of nitrogens with zero attached hydrogens (tertiary/aromatic N) is 1. The summed E-state index contributed by atoms with van der Waals surface area (Å²) in [5.41, 5.74) is -0.0291. The lowest BCUT2D eigenvalue weighted by Gasteiger charge is -2.27. The Hall–Kier alpha value is -3.20. The molecule has 1 aromatic carbocycles. The SMILES string of the molecule is O=C(OCC(=O)N(Cc1ccccc1)[C@@H]1C=CS(=O)(=O)C1)c1ccc[nH]c1=O. The fraction of sp³-hybridized carbons (Fsp3) is 0.211. The molecule has 1 aliphatic rings. The van der Waals surface area contributed by atoms with Gasteiger partial charge in [-0.1, -0.05) is 30.3 Å². The Bertz CT molecular complexity index is 1060. The van der Waals surface area contributed by atoms with Gasteiger partial charge in [0.15, 0.2) is 16.4 Å². The van der Waals surface area contributed by atoms with E-state index in [1.807, 2.05) is 18.2 Å². The molecule has 2 aromatic rings. The number of pyridine rings is 1. The molecule has 1 aromatic heterocycles. The normalized spacial score (nSPS) is 17.2. The molecule has 1 N–H and O–H groups in total. The molecule has 0 spiro atoms. The minimum absolute atomic E-state index is 0.160. The zero-order valence-electron chi connectivity index (χ0n) is 14.8. The zero-order chi connectivity index (χ0) is 20.1. The summed E-state index contributed by atoms with van der Waals surface area (Å²) in [5.74, 6) is -1.71. The van der Waals surface area contributed by atoms with Crippen molar-refractivity contribution < 1.29 is 22.7 Å². The summed E-state index contributed by atoms with van der Waals surface area (Å²) in [6, 6.07) is 11.2. The number of nitrogens with one attached hydrogen (secondary N) is 1. The summed E-state index contributed by atoms with van der Waals surface area (Å²) < 4.78 is 28.5. The standard InChI is InChI=1S/C19H18N2O6S/c22-17(12-27-19(24)16-7-4-9-20-18(16)23)21(11-14-5-2-1-3-6-14)15-8-10-28(25,26)13-15/h1-10,15H,11-13H2,(H,20,23)/t15-/m1/s1. The van der Waals surface area contributed by atoms with Gasteiger partial charge in [0.2, 0.25) is 0 Å². The summed E-state index contributed by atoms with van der Waals surface area (Å²) >= 11 is 0. The first-order valence-corrected chi connectivity index (χ1v) is 10.2. The fourth-order valence-corrected chi connectivity index (χ4v) is 4.09. The van der Waals surface area contributed by atoms with Gasteiger partial charge in [0, 0.05) is 18.1 Å². The number of aromatic nitrogens is 1. The van der Waals surface area contributed by atoms with E-state index < -0.39 is 39.9 Å². The lowest BCUT2D eigenvalue weighted by molar-refractivity contribution is -0.136. The van der Waals surface area contributed by atoms with Gasteiger partial charge in [-0.25, -0.2) is 13.2 Å². The van der Waals surface area contributed by atoms with Crippen LogP contribution in [0.4, 0.5) is 0 Å². The molecule has 0 saturated heterocycles. The second kappa shape index (κ2) is 8.22. The number of aromatic amines is 1. The highest BCUT2D eigenvalue weighted by Gasteiger charge is 2.31. The van der Waals surface area contributed by atoms with Crippen LogP contribution in [0.25, 0.3) is 0 Å². The topological polar surface area (TPSA) is 114 Å². The Morgan fingerprint density at radius 3 is 2.54 bits per heavy atom. The van der Waals surface area contributed by atoms with Gasteiger partial charge in [0.1, 0.15) is 5.56 Å². The molecule has 1 amide bonds. The third-order valence-electron chi connectivity index (χ3n) is 4.19. The van der Waals surface area contributed by atoms with Gasteiger partial charge in [-0.15, -0.1) is 0 Å². The van der Waals surface area contributed by atoms with Crippen molar-refractivity contribution in [1.29, 1.82) is 0 Å². The molecule has 2 heterocycles. The Morgan fingerprint density at radius 2 is 1.89 bits per heavy atom. The molecule has 1 atom stereocenters. The van der Waals surface area contributed by atoms with Crippen LogP contribution < -0.4 is 5.56 Å². The predicted octanol–water partition coefficient (Wildman–Crippen LogP) is 0.871. The molecule has 0 saturated carbocycles. The molecule has 28 heavy (non-hydrogen) atoms. The van der Waals surface area contributed by atoms with E-state index in [2.05, 4.69) is 4.98 Å². The lowest BCUT2D eigenvalue weighted by atomic mass is 10.2. The zero-order valence-corrected chi connectivity index (χ0v) is 15.6. The number of hydrogen-bond donors (Lipinski definition) is 1. The highest BCUT2D eigenvalue weighted by Crippen LogP contribution is 2.18. The second-order valence-corrected chi connectivity index (χ2v) is 8.15. The van der Waals surface area contributed by atoms with Gasteiger partial charge < -0.3 is 14.6 Å². The van der Waals surface area contributed by atoms with E-state index >= 15 is 0 Å². The van der Waals surface area contributed by atoms with Gasteiger partial charge in [-0.3, -0.25) is 9.59 Å². The second-order valence-electron chi connectivity index (χ2n) is 6.22. The number of ether oxygens (including phenoxy) is 1. The van der Waals surface area contributed by atoms with E-state index in [4.69, 9.17) is 4.74 Å². The van der Waals surface area contributed by atoms with Crippen molar-refractivity contribution in [3.63, 3.8) is 0 Å². The van der Waals surface area contributed by atoms with E-state index in [1.54, 1.807) is 12.1 Å². The fourth-order valence-electron chi connectivity index (χ4n) is 2.79. The van der Waals surface area contributed by atoms with Gasteiger partial charge >= 0.3 is 5.97 Å². The van der Waals surface area contributed by atoms with E-state index in [1.165, 1.54) is 29.3 Å². The molecule has 9 heteroatoms. The maximum absolute atomic E-state index is 12.7. The molecule has 0 unspecified atom stereocenters. The van der Waals surface area contributed by atoms with Crippen molar-refractivity contribution in [1.82, 2.24) is 9.88 Å². The van der Waals surface area contributed by atoms with Gasteiger partial charge in [0.05, 0.1) is 11.8 Å². The Balaban J connectivity index is 1.73. The van der Waals surface area contributed by atoms with Crippen molar-refractivity contribution in [2.24, 2.45) is 0 Å². The Kier molecular flexibility index (Phi) is 5.74. The average Bonchev–Trinajstić information content (AvgIpc) is 3.04. The minimum atomic E-state index is -3.37. The van der Waals surface area contributed by atoms with Gasteiger partial charge in [-0.2, -0.15) is 0 Å². The first kappa shape index (κ1) is 19.6. The lowest BCUT2D eigenvalue weighted by Crippen LogP contribution is -2.42. The number of H-pyrrole nitrogens is 1. The summed E-state index contributed by atoms with van der Waals surface area (Å²) in [4.78, 5) is 40.1. The first-order valence-electron chi connectivity index (χ1n) is 8.45. The van der Waals surface area contributed by atoms with Crippen molar-refractivity contribution >= 4 is 21.7 Å². The highest BCUT2D eigenvalue weighted by molar-refractivity contribution is 7.94. The average molecular weight is 402 g/mol. The summed E-state index contributed by atoms with van der Waals surface area (Å²) in [5, 5.41) is 1.08. The largest absolute Gasteiger partial charge is 0.452 e. The predicted molar refractivity (Wildman–Crippen MR) is 101 cm³/mol. The monoisotopic (exact) mass is 402 g/mol. The maximum Gasteiger partial charge on any atom is 0.344 e. The molecule has 0 bridgehead atoms. The number of benzene rings is 1. The van der Waals surface area contributed by atoms with Crippen LogP contribution in [-0.2, 0) is 25.9 Å². The summed E-state index contributed by atoms with van der Waals surface area (Å²) in [6.07, 6.45) is 2.82.